The number of nitrogen functional groups attached to an aromatic ring is 1. The zero-order valence-electron chi connectivity index (χ0n) is 11.0. The third kappa shape index (κ3) is 3.17. The number of primary amides is 1. The fourth-order valence-electron chi connectivity index (χ4n) is 1.66. The van der Waals surface area contributed by atoms with E-state index < -0.39 is 11.7 Å². The first-order chi connectivity index (χ1) is 9.92. The van der Waals surface area contributed by atoms with E-state index in [-0.39, 0.29) is 33.5 Å². The fourth-order valence-corrected chi connectivity index (χ4v) is 1.83. The molecule has 110 valence electrons. The minimum absolute atomic E-state index is 0.0852. The highest BCUT2D eigenvalue weighted by atomic mass is 35.5. The van der Waals surface area contributed by atoms with Gasteiger partial charge in [-0.2, -0.15) is 0 Å². The Morgan fingerprint density at radius 3 is 2.52 bits per heavy atom. The monoisotopic (exact) mass is 310 g/mol. The number of anilines is 1. The lowest BCUT2D eigenvalue weighted by Crippen LogP contribution is -2.10. The molecule has 0 unspecified atom stereocenters. The van der Waals surface area contributed by atoms with Gasteiger partial charge in [-0.15, -0.1) is 0 Å². The quantitative estimate of drug-likeness (QED) is 0.850. The summed E-state index contributed by atoms with van der Waals surface area (Å²) < 4.78 is 24.1. The van der Waals surface area contributed by atoms with E-state index in [0.717, 1.165) is 6.07 Å². The number of hydrogen-bond acceptors (Lipinski definition) is 4. The van der Waals surface area contributed by atoms with Crippen molar-refractivity contribution in [2.24, 2.45) is 5.73 Å². The fraction of sp³-hybridized carbons (Fsp3) is 0.0714. The van der Waals surface area contributed by atoms with Crippen molar-refractivity contribution < 1.29 is 18.7 Å². The second kappa shape index (κ2) is 5.88. The molecule has 2 rings (SSSR count). The molecule has 7 heteroatoms. The van der Waals surface area contributed by atoms with Crippen LogP contribution < -0.4 is 20.9 Å². The summed E-state index contributed by atoms with van der Waals surface area (Å²) in [5.74, 6) is -0.649. The second-order valence-electron chi connectivity index (χ2n) is 4.14. The molecule has 0 fully saturated rings. The summed E-state index contributed by atoms with van der Waals surface area (Å²) in [7, 11) is 1.40. The SMILES string of the molecule is COc1cc(C(N)=O)ccc1Oc1cc(F)c(Cl)cc1N. The zero-order valence-corrected chi connectivity index (χ0v) is 11.8. The Morgan fingerprint density at radius 1 is 1.19 bits per heavy atom. The van der Waals surface area contributed by atoms with Crippen molar-refractivity contribution in [3.05, 3.63) is 46.7 Å². The van der Waals surface area contributed by atoms with Gasteiger partial charge in [-0.1, -0.05) is 11.6 Å². The van der Waals surface area contributed by atoms with Crippen molar-refractivity contribution in [2.45, 2.75) is 0 Å². The highest BCUT2D eigenvalue weighted by molar-refractivity contribution is 6.31. The van der Waals surface area contributed by atoms with Gasteiger partial charge in [0.05, 0.1) is 17.8 Å². The van der Waals surface area contributed by atoms with E-state index in [0.29, 0.717) is 0 Å². The molecule has 0 aliphatic heterocycles. The molecule has 0 atom stereocenters. The van der Waals surface area contributed by atoms with Crippen molar-refractivity contribution in [3.8, 4) is 17.2 Å². The standard InChI is InChI=1S/C14H12ClFN2O3/c1-20-13-4-7(14(18)19)2-3-11(13)21-12-6-9(16)8(15)5-10(12)17/h2-6H,17H2,1H3,(H2,18,19). The van der Waals surface area contributed by atoms with Crippen LogP contribution in [0.25, 0.3) is 0 Å². The van der Waals surface area contributed by atoms with Gasteiger partial charge in [-0.3, -0.25) is 4.79 Å². The van der Waals surface area contributed by atoms with Crippen LogP contribution in [0.4, 0.5) is 10.1 Å². The summed E-state index contributed by atoms with van der Waals surface area (Å²) >= 11 is 5.62. The molecule has 0 saturated heterocycles. The minimum atomic E-state index is -0.659. The predicted octanol–water partition coefficient (Wildman–Crippen LogP) is 2.96. The average Bonchev–Trinajstić information content (AvgIpc) is 2.44. The lowest BCUT2D eigenvalue weighted by molar-refractivity contribution is 0.1000. The van der Waals surface area contributed by atoms with E-state index in [2.05, 4.69) is 0 Å². The van der Waals surface area contributed by atoms with Crippen LogP contribution in [0.15, 0.2) is 30.3 Å². The van der Waals surface area contributed by atoms with Gasteiger partial charge in [0.25, 0.3) is 0 Å². The molecule has 1 amide bonds. The van der Waals surface area contributed by atoms with Crippen LogP contribution in [0.2, 0.25) is 5.02 Å². The van der Waals surface area contributed by atoms with Crippen molar-refractivity contribution in [1.82, 2.24) is 0 Å². The Labute approximate surface area is 125 Å². The van der Waals surface area contributed by atoms with E-state index in [1.807, 2.05) is 0 Å². The maximum absolute atomic E-state index is 13.5. The van der Waals surface area contributed by atoms with Gasteiger partial charge in [-0.05, 0) is 24.3 Å². The summed E-state index contributed by atoms with van der Waals surface area (Å²) in [6.07, 6.45) is 0. The molecule has 4 N–H and O–H groups in total. The lowest BCUT2D eigenvalue weighted by Gasteiger charge is -2.13. The van der Waals surface area contributed by atoms with Crippen LogP contribution >= 0.6 is 11.6 Å². The van der Waals surface area contributed by atoms with Crippen LogP contribution in [0.5, 0.6) is 17.2 Å². The van der Waals surface area contributed by atoms with Gasteiger partial charge < -0.3 is 20.9 Å². The molecule has 0 bridgehead atoms. The molecule has 2 aromatic rings. The van der Waals surface area contributed by atoms with Crippen molar-refractivity contribution in [3.63, 3.8) is 0 Å². The third-order valence-electron chi connectivity index (χ3n) is 2.72. The molecule has 0 aliphatic rings. The Hall–Kier alpha value is -2.47. The Bertz CT molecular complexity index is 707. The molecule has 21 heavy (non-hydrogen) atoms. The molecule has 0 spiro atoms. The van der Waals surface area contributed by atoms with E-state index >= 15 is 0 Å². The number of nitrogens with two attached hydrogens (primary N) is 2. The van der Waals surface area contributed by atoms with Crippen molar-refractivity contribution >= 4 is 23.2 Å². The maximum atomic E-state index is 13.5. The normalized spacial score (nSPS) is 10.2. The van der Waals surface area contributed by atoms with Gasteiger partial charge in [0.2, 0.25) is 5.91 Å². The highest BCUT2D eigenvalue weighted by Gasteiger charge is 2.13. The summed E-state index contributed by atoms with van der Waals surface area (Å²) in [5, 5.41) is -0.101. The molecule has 2 aromatic carbocycles. The predicted molar refractivity (Wildman–Crippen MR) is 77.4 cm³/mol. The Balaban J connectivity index is 2.40. The van der Waals surface area contributed by atoms with Crippen molar-refractivity contribution in [2.75, 3.05) is 12.8 Å². The number of carbonyl (C=O) groups excluding carboxylic acids is 1. The van der Waals surface area contributed by atoms with Gasteiger partial charge >= 0.3 is 0 Å². The molecular weight excluding hydrogens is 299 g/mol. The minimum Gasteiger partial charge on any atom is -0.493 e. The number of hydrogen-bond donors (Lipinski definition) is 2. The summed E-state index contributed by atoms with van der Waals surface area (Å²) in [6, 6.07) is 6.67. The average molecular weight is 311 g/mol. The van der Waals surface area contributed by atoms with Crippen LogP contribution in [-0.4, -0.2) is 13.0 Å². The number of ether oxygens (including phenoxy) is 2. The van der Waals surface area contributed by atoms with E-state index in [1.54, 1.807) is 0 Å². The molecule has 0 aliphatic carbocycles. The number of carbonyl (C=O) groups is 1. The van der Waals surface area contributed by atoms with Crippen LogP contribution in [0.3, 0.4) is 0 Å². The van der Waals surface area contributed by atoms with Gasteiger partial charge in [0.1, 0.15) is 5.82 Å². The van der Waals surface area contributed by atoms with E-state index in [4.69, 9.17) is 32.5 Å². The number of methoxy groups -OCH3 is 1. The molecule has 0 radical (unpaired) electrons. The van der Waals surface area contributed by atoms with E-state index in [1.165, 1.54) is 31.4 Å². The third-order valence-corrected chi connectivity index (χ3v) is 3.01. The summed E-state index contributed by atoms with van der Waals surface area (Å²) in [6.45, 7) is 0. The first-order valence-electron chi connectivity index (χ1n) is 5.82. The van der Waals surface area contributed by atoms with Crippen LogP contribution in [-0.2, 0) is 0 Å². The Kier molecular flexibility index (Phi) is 4.18. The summed E-state index contributed by atoms with van der Waals surface area (Å²) in [4.78, 5) is 11.1. The van der Waals surface area contributed by atoms with Gasteiger partial charge in [-0.25, -0.2) is 4.39 Å². The summed E-state index contributed by atoms with van der Waals surface area (Å²) in [5.41, 5.74) is 11.3. The first kappa shape index (κ1) is 14.9. The molecule has 0 aromatic heterocycles. The second-order valence-corrected chi connectivity index (χ2v) is 4.54. The smallest absolute Gasteiger partial charge is 0.248 e. The van der Waals surface area contributed by atoms with Gasteiger partial charge in [0.15, 0.2) is 17.2 Å². The van der Waals surface area contributed by atoms with Crippen LogP contribution in [0, 0.1) is 5.82 Å². The first-order valence-corrected chi connectivity index (χ1v) is 6.20. The maximum Gasteiger partial charge on any atom is 0.248 e. The molecule has 0 heterocycles. The number of rotatable bonds is 4. The number of amides is 1. The Morgan fingerprint density at radius 2 is 1.90 bits per heavy atom. The van der Waals surface area contributed by atoms with Crippen LogP contribution in [0.1, 0.15) is 10.4 Å². The molecule has 0 saturated carbocycles. The highest BCUT2D eigenvalue weighted by Crippen LogP contribution is 2.36. The number of benzene rings is 2. The molecular formula is C14H12ClFN2O3. The lowest BCUT2D eigenvalue weighted by atomic mass is 10.2. The van der Waals surface area contributed by atoms with E-state index in [9.17, 15) is 9.18 Å². The topological polar surface area (TPSA) is 87.6 Å². The van der Waals surface area contributed by atoms with Crippen molar-refractivity contribution in [1.29, 1.82) is 0 Å². The van der Waals surface area contributed by atoms with Gasteiger partial charge in [0, 0.05) is 11.6 Å². The molecule has 5 nitrogen and oxygen atoms in total. The zero-order chi connectivity index (χ0) is 15.6. The number of halogens is 2. The largest absolute Gasteiger partial charge is 0.493 e.